The van der Waals surface area contributed by atoms with E-state index in [1.54, 1.807) is 30.8 Å². The molecular weight excluding hydrogens is 308 g/mol. The number of nitrogens with two attached hydrogens (primary N) is 1. The lowest BCUT2D eigenvalue weighted by molar-refractivity contribution is 0.0522. The third-order valence-corrected chi connectivity index (χ3v) is 4.63. The second kappa shape index (κ2) is 9.18. The van der Waals surface area contributed by atoms with Crippen LogP contribution in [-0.4, -0.2) is 42.9 Å². The molecule has 0 aliphatic heterocycles. The van der Waals surface area contributed by atoms with Crippen LogP contribution in [0.2, 0.25) is 5.02 Å². The molecule has 0 bridgehead atoms. The van der Waals surface area contributed by atoms with Crippen LogP contribution >= 0.6 is 23.4 Å². The fourth-order valence-electron chi connectivity index (χ4n) is 1.94. The largest absolute Gasteiger partial charge is 0.462 e. The topological polar surface area (TPSA) is 55.6 Å². The molecule has 2 N–H and O–H groups in total. The number of halogens is 1. The summed E-state index contributed by atoms with van der Waals surface area (Å²) in [7, 11) is 0. The number of carbonyl (C=O) groups is 1. The van der Waals surface area contributed by atoms with Gasteiger partial charge in [-0.25, -0.2) is 4.79 Å². The number of thioether (sulfide) groups is 1. The molecule has 21 heavy (non-hydrogen) atoms. The maximum atomic E-state index is 12.0. The van der Waals surface area contributed by atoms with Crippen molar-refractivity contribution < 1.29 is 9.53 Å². The molecule has 0 aliphatic carbocycles. The first-order valence-corrected chi connectivity index (χ1v) is 8.51. The highest BCUT2D eigenvalue weighted by atomic mass is 35.5. The van der Waals surface area contributed by atoms with E-state index in [9.17, 15) is 4.79 Å². The van der Waals surface area contributed by atoms with Crippen molar-refractivity contribution in [3.05, 3.63) is 22.7 Å². The van der Waals surface area contributed by atoms with E-state index >= 15 is 0 Å². The highest BCUT2D eigenvalue weighted by Crippen LogP contribution is 2.33. The number of ether oxygens (including phenoxy) is 1. The van der Waals surface area contributed by atoms with Crippen LogP contribution in [0.4, 0.5) is 5.69 Å². The van der Waals surface area contributed by atoms with Crippen molar-refractivity contribution in [2.75, 3.05) is 37.7 Å². The highest BCUT2D eigenvalue weighted by molar-refractivity contribution is 7.99. The van der Waals surface area contributed by atoms with Gasteiger partial charge in [0.25, 0.3) is 0 Å². The lowest BCUT2D eigenvalue weighted by atomic mass is 10.2. The number of rotatable bonds is 8. The van der Waals surface area contributed by atoms with Crippen LogP contribution < -0.4 is 5.73 Å². The number of hydrogen-bond acceptors (Lipinski definition) is 5. The molecule has 0 heterocycles. The Labute approximate surface area is 136 Å². The van der Waals surface area contributed by atoms with Gasteiger partial charge in [0.05, 0.1) is 17.2 Å². The first-order valence-electron chi connectivity index (χ1n) is 7.14. The van der Waals surface area contributed by atoms with Gasteiger partial charge in [0.2, 0.25) is 0 Å². The molecule has 0 fully saturated rings. The van der Waals surface area contributed by atoms with Crippen molar-refractivity contribution in [1.29, 1.82) is 0 Å². The zero-order valence-corrected chi connectivity index (χ0v) is 14.4. The Hall–Kier alpha value is -0.910. The maximum Gasteiger partial charge on any atom is 0.339 e. The number of nitrogens with zero attached hydrogens (tertiary/aromatic N) is 1. The minimum absolute atomic E-state index is 0.328. The third-order valence-electron chi connectivity index (χ3n) is 3.11. The Balaban J connectivity index is 2.86. The molecule has 0 saturated carbocycles. The number of carbonyl (C=O) groups excluding carboxylic acids is 1. The maximum absolute atomic E-state index is 12.0. The van der Waals surface area contributed by atoms with Crippen LogP contribution in [0, 0.1) is 0 Å². The van der Waals surface area contributed by atoms with Gasteiger partial charge in [-0.15, -0.1) is 11.8 Å². The summed E-state index contributed by atoms with van der Waals surface area (Å²) >= 11 is 7.81. The fourth-order valence-corrected chi connectivity index (χ4v) is 3.38. The summed E-state index contributed by atoms with van der Waals surface area (Å²) in [5.74, 6) is 0.481. The summed E-state index contributed by atoms with van der Waals surface area (Å²) in [4.78, 5) is 15.1. The Morgan fingerprint density at radius 2 is 2.00 bits per heavy atom. The molecule has 6 heteroatoms. The summed E-state index contributed by atoms with van der Waals surface area (Å²) in [6.45, 7) is 9.34. The zero-order chi connectivity index (χ0) is 15.8. The molecule has 1 aromatic rings. The lowest BCUT2D eigenvalue weighted by Crippen LogP contribution is -2.25. The molecule has 0 amide bonds. The summed E-state index contributed by atoms with van der Waals surface area (Å²) in [6, 6.07) is 3.30. The van der Waals surface area contributed by atoms with Gasteiger partial charge in [0.1, 0.15) is 0 Å². The Kier molecular flexibility index (Phi) is 7.93. The third kappa shape index (κ3) is 5.41. The van der Waals surface area contributed by atoms with Crippen molar-refractivity contribution >= 4 is 35.0 Å². The zero-order valence-electron chi connectivity index (χ0n) is 12.8. The molecule has 0 saturated heterocycles. The van der Waals surface area contributed by atoms with Crippen molar-refractivity contribution in [1.82, 2.24) is 4.90 Å². The number of anilines is 1. The van der Waals surface area contributed by atoms with Crippen LogP contribution in [0.25, 0.3) is 0 Å². The van der Waals surface area contributed by atoms with Crippen LogP contribution in [0.3, 0.4) is 0 Å². The monoisotopic (exact) mass is 330 g/mol. The molecule has 1 rings (SSSR count). The summed E-state index contributed by atoms with van der Waals surface area (Å²) in [6.07, 6.45) is 0. The van der Waals surface area contributed by atoms with E-state index in [1.807, 2.05) is 0 Å². The van der Waals surface area contributed by atoms with Gasteiger partial charge in [0.15, 0.2) is 0 Å². The smallest absolute Gasteiger partial charge is 0.339 e. The summed E-state index contributed by atoms with van der Waals surface area (Å²) in [5.41, 5.74) is 6.69. The van der Waals surface area contributed by atoms with Gasteiger partial charge < -0.3 is 15.4 Å². The predicted molar refractivity (Wildman–Crippen MR) is 90.3 cm³/mol. The fraction of sp³-hybridized carbons (Fsp3) is 0.533. The average Bonchev–Trinajstić information content (AvgIpc) is 2.45. The predicted octanol–water partition coefficient (Wildman–Crippen LogP) is 3.53. The second-order valence-corrected chi connectivity index (χ2v) is 5.99. The van der Waals surface area contributed by atoms with Crippen molar-refractivity contribution in [2.45, 2.75) is 25.7 Å². The summed E-state index contributed by atoms with van der Waals surface area (Å²) < 4.78 is 5.07. The van der Waals surface area contributed by atoms with Crippen LogP contribution in [0.1, 0.15) is 31.1 Å². The standard InChI is InChI=1S/C15H23ClN2O2S/c1-4-18(5-2)7-8-21-14-12(15(19)20-6-3)9-11(17)10-13(14)16/h9-10H,4-8,17H2,1-3H3. The van der Waals surface area contributed by atoms with E-state index in [0.717, 1.165) is 30.3 Å². The van der Waals surface area contributed by atoms with Gasteiger partial charge in [-0.3, -0.25) is 0 Å². The number of esters is 1. The van der Waals surface area contributed by atoms with E-state index in [2.05, 4.69) is 18.7 Å². The number of benzene rings is 1. The normalized spacial score (nSPS) is 10.9. The molecular formula is C15H23ClN2O2S. The van der Waals surface area contributed by atoms with Crippen molar-refractivity contribution in [2.24, 2.45) is 0 Å². The molecule has 0 radical (unpaired) electrons. The van der Waals surface area contributed by atoms with Crippen molar-refractivity contribution in [3.8, 4) is 0 Å². The molecule has 0 spiro atoms. The first-order chi connectivity index (χ1) is 10.0. The SMILES string of the molecule is CCOC(=O)c1cc(N)cc(Cl)c1SCCN(CC)CC. The second-order valence-electron chi connectivity index (χ2n) is 4.48. The van der Waals surface area contributed by atoms with E-state index in [-0.39, 0.29) is 5.97 Å². The first kappa shape index (κ1) is 18.1. The summed E-state index contributed by atoms with van der Waals surface area (Å²) in [5, 5.41) is 0.502. The van der Waals surface area contributed by atoms with E-state index < -0.39 is 0 Å². The molecule has 1 aromatic carbocycles. The molecule has 4 nitrogen and oxygen atoms in total. The average molecular weight is 331 g/mol. The van der Waals surface area contributed by atoms with Gasteiger partial charge in [-0.05, 0) is 32.1 Å². The quantitative estimate of drug-likeness (QED) is 0.449. The Morgan fingerprint density at radius 3 is 2.57 bits per heavy atom. The number of nitrogen functional groups attached to an aromatic ring is 1. The lowest BCUT2D eigenvalue weighted by Gasteiger charge is -2.18. The van der Waals surface area contributed by atoms with E-state index in [1.165, 1.54) is 0 Å². The van der Waals surface area contributed by atoms with Crippen LogP contribution in [-0.2, 0) is 4.74 Å². The molecule has 118 valence electrons. The van der Waals surface area contributed by atoms with Gasteiger partial charge in [-0.1, -0.05) is 25.4 Å². The highest BCUT2D eigenvalue weighted by Gasteiger charge is 2.17. The van der Waals surface area contributed by atoms with E-state index in [4.69, 9.17) is 22.1 Å². The van der Waals surface area contributed by atoms with Gasteiger partial charge in [-0.2, -0.15) is 0 Å². The van der Waals surface area contributed by atoms with Crippen LogP contribution in [0.15, 0.2) is 17.0 Å². The Morgan fingerprint density at radius 1 is 1.33 bits per heavy atom. The molecule has 0 aromatic heterocycles. The van der Waals surface area contributed by atoms with Crippen LogP contribution in [0.5, 0.6) is 0 Å². The minimum atomic E-state index is -0.378. The molecule has 0 atom stereocenters. The molecule has 0 aliphatic rings. The minimum Gasteiger partial charge on any atom is -0.462 e. The van der Waals surface area contributed by atoms with Gasteiger partial charge >= 0.3 is 5.97 Å². The number of hydrogen-bond donors (Lipinski definition) is 1. The molecule has 0 unspecified atom stereocenters. The Bertz CT molecular complexity index is 479. The van der Waals surface area contributed by atoms with E-state index in [0.29, 0.717) is 22.9 Å². The van der Waals surface area contributed by atoms with Gasteiger partial charge in [0, 0.05) is 22.9 Å². The van der Waals surface area contributed by atoms with Crippen molar-refractivity contribution in [3.63, 3.8) is 0 Å².